The van der Waals surface area contributed by atoms with Crippen molar-refractivity contribution < 1.29 is 9.53 Å². The van der Waals surface area contributed by atoms with E-state index < -0.39 is 0 Å². The summed E-state index contributed by atoms with van der Waals surface area (Å²) in [6, 6.07) is 8.50. The van der Waals surface area contributed by atoms with Crippen molar-refractivity contribution in [1.82, 2.24) is 10.6 Å². The molecule has 0 radical (unpaired) electrons. The topological polar surface area (TPSA) is 50.4 Å². The molecule has 4 heteroatoms. The Kier molecular flexibility index (Phi) is 6.27. The molecular weight excluding hydrogens is 300 g/mol. The van der Waals surface area contributed by atoms with E-state index >= 15 is 0 Å². The molecule has 1 heterocycles. The van der Waals surface area contributed by atoms with Crippen LogP contribution in [0.1, 0.15) is 49.1 Å². The number of rotatable bonds is 6. The van der Waals surface area contributed by atoms with Crippen molar-refractivity contribution in [2.24, 2.45) is 5.92 Å². The molecule has 0 bridgehead atoms. The lowest BCUT2D eigenvalue weighted by atomic mass is 9.79. The molecule has 4 nitrogen and oxygen atoms in total. The number of fused-ring (bicyclic) bond motifs is 1. The summed E-state index contributed by atoms with van der Waals surface area (Å²) in [7, 11) is 1.49. The molecule has 1 saturated heterocycles. The summed E-state index contributed by atoms with van der Waals surface area (Å²) in [6.45, 7) is 3.06. The zero-order valence-electron chi connectivity index (χ0n) is 14.7. The van der Waals surface area contributed by atoms with Crippen molar-refractivity contribution in [3.8, 4) is 0 Å². The summed E-state index contributed by atoms with van der Waals surface area (Å²) in [5.74, 6) is 0.947. The minimum absolute atomic E-state index is 0.123. The molecule has 1 aromatic carbocycles. The van der Waals surface area contributed by atoms with Gasteiger partial charge >= 0.3 is 5.97 Å². The number of methoxy groups -OCH3 is 1. The summed E-state index contributed by atoms with van der Waals surface area (Å²) in [4.78, 5) is 12.3. The number of carbonyl (C=O) groups excluding carboxylic acids is 1. The van der Waals surface area contributed by atoms with Crippen LogP contribution >= 0.6 is 0 Å². The zero-order chi connectivity index (χ0) is 16.8. The Hall–Kier alpha value is -1.39. The molecule has 3 atom stereocenters. The van der Waals surface area contributed by atoms with Gasteiger partial charge in [-0.15, -0.1) is 0 Å². The molecule has 2 N–H and O–H groups in total. The number of carbonyl (C=O) groups is 1. The van der Waals surface area contributed by atoms with E-state index in [9.17, 15) is 4.79 Å². The number of aryl methyl sites for hydroxylation is 1. The molecule has 1 aromatic rings. The third kappa shape index (κ3) is 4.37. The predicted octanol–water partition coefficient (Wildman–Crippen LogP) is 2.63. The predicted molar refractivity (Wildman–Crippen MR) is 96.1 cm³/mol. The van der Waals surface area contributed by atoms with Crippen LogP contribution in [0.2, 0.25) is 0 Å². The van der Waals surface area contributed by atoms with E-state index in [-0.39, 0.29) is 12.0 Å². The minimum Gasteiger partial charge on any atom is -0.468 e. The number of esters is 1. The third-order valence-corrected chi connectivity index (χ3v) is 5.55. The Morgan fingerprint density at radius 3 is 3.00 bits per heavy atom. The average Bonchev–Trinajstić information content (AvgIpc) is 2.65. The SMILES string of the molecule is COC(=O)C(CC1CCCc2ccccc21)NCC1CCCNC1. The average molecular weight is 330 g/mol. The molecule has 0 aromatic heterocycles. The highest BCUT2D eigenvalue weighted by molar-refractivity contribution is 5.75. The van der Waals surface area contributed by atoms with Crippen LogP contribution in [0.3, 0.4) is 0 Å². The number of ether oxygens (including phenoxy) is 1. The molecule has 3 unspecified atom stereocenters. The first-order valence-corrected chi connectivity index (χ1v) is 9.37. The van der Waals surface area contributed by atoms with E-state index in [0.29, 0.717) is 11.8 Å². The van der Waals surface area contributed by atoms with Crippen molar-refractivity contribution >= 4 is 5.97 Å². The van der Waals surface area contributed by atoms with Crippen LogP contribution in [0.15, 0.2) is 24.3 Å². The summed E-state index contributed by atoms with van der Waals surface area (Å²) in [5, 5.41) is 6.94. The van der Waals surface area contributed by atoms with Gasteiger partial charge in [0, 0.05) is 0 Å². The molecule has 1 aliphatic heterocycles. The van der Waals surface area contributed by atoms with Gasteiger partial charge in [0.2, 0.25) is 0 Å². The molecular formula is C20H30N2O2. The molecule has 0 spiro atoms. The second kappa shape index (κ2) is 8.63. The quantitative estimate of drug-likeness (QED) is 0.787. The molecule has 1 aliphatic carbocycles. The minimum atomic E-state index is -0.201. The van der Waals surface area contributed by atoms with Crippen molar-refractivity contribution in [2.75, 3.05) is 26.7 Å². The monoisotopic (exact) mass is 330 g/mol. The van der Waals surface area contributed by atoms with E-state index in [0.717, 1.165) is 38.9 Å². The van der Waals surface area contributed by atoms with Crippen molar-refractivity contribution in [1.29, 1.82) is 0 Å². The maximum Gasteiger partial charge on any atom is 0.322 e. The molecule has 0 saturated carbocycles. The normalized spacial score (nSPS) is 24.9. The van der Waals surface area contributed by atoms with Crippen LogP contribution in [-0.4, -0.2) is 38.8 Å². The Labute approximate surface area is 145 Å². The summed E-state index contributed by atoms with van der Waals surface area (Å²) < 4.78 is 5.06. The molecule has 0 amide bonds. The van der Waals surface area contributed by atoms with Gasteiger partial charge in [0.25, 0.3) is 0 Å². The lowest BCUT2D eigenvalue weighted by Gasteiger charge is -2.30. The summed E-state index contributed by atoms with van der Waals surface area (Å²) in [6.07, 6.45) is 6.84. The number of benzene rings is 1. The highest BCUT2D eigenvalue weighted by Crippen LogP contribution is 2.34. The van der Waals surface area contributed by atoms with E-state index in [1.165, 1.54) is 37.5 Å². The maximum atomic E-state index is 12.3. The van der Waals surface area contributed by atoms with E-state index in [4.69, 9.17) is 4.74 Å². The van der Waals surface area contributed by atoms with E-state index in [1.54, 1.807) is 0 Å². The number of nitrogens with one attached hydrogen (secondary N) is 2. The fraction of sp³-hybridized carbons (Fsp3) is 0.650. The molecule has 3 rings (SSSR count). The Bertz CT molecular complexity index is 540. The first-order valence-electron chi connectivity index (χ1n) is 9.37. The Morgan fingerprint density at radius 1 is 1.33 bits per heavy atom. The van der Waals surface area contributed by atoms with Gasteiger partial charge in [-0.1, -0.05) is 24.3 Å². The van der Waals surface area contributed by atoms with Gasteiger partial charge in [0.1, 0.15) is 6.04 Å². The lowest BCUT2D eigenvalue weighted by Crippen LogP contribution is -2.44. The van der Waals surface area contributed by atoms with Crippen LogP contribution in [0, 0.1) is 5.92 Å². The van der Waals surface area contributed by atoms with Gasteiger partial charge < -0.3 is 15.4 Å². The van der Waals surface area contributed by atoms with Gasteiger partial charge in [-0.25, -0.2) is 0 Å². The first-order chi connectivity index (χ1) is 11.8. The highest BCUT2D eigenvalue weighted by Gasteiger charge is 2.28. The smallest absolute Gasteiger partial charge is 0.322 e. The largest absolute Gasteiger partial charge is 0.468 e. The lowest BCUT2D eigenvalue weighted by molar-refractivity contribution is -0.143. The first kappa shape index (κ1) is 17.4. The molecule has 132 valence electrons. The summed E-state index contributed by atoms with van der Waals surface area (Å²) in [5.41, 5.74) is 2.88. The molecule has 2 aliphatic rings. The molecule has 1 fully saturated rings. The van der Waals surface area contributed by atoms with Crippen molar-refractivity contribution in [2.45, 2.75) is 50.5 Å². The second-order valence-corrected chi connectivity index (χ2v) is 7.22. The van der Waals surface area contributed by atoms with Crippen LogP contribution in [0.4, 0.5) is 0 Å². The zero-order valence-corrected chi connectivity index (χ0v) is 14.7. The maximum absolute atomic E-state index is 12.3. The fourth-order valence-corrected chi connectivity index (χ4v) is 4.20. The van der Waals surface area contributed by atoms with E-state index in [1.807, 2.05) is 0 Å². The van der Waals surface area contributed by atoms with Crippen molar-refractivity contribution in [3.05, 3.63) is 35.4 Å². The third-order valence-electron chi connectivity index (χ3n) is 5.55. The van der Waals surface area contributed by atoms with Gasteiger partial charge in [-0.3, -0.25) is 4.79 Å². The fourth-order valence-electron chi connectivity index (χ4n) is 4.20. The van der Waals surface area contributed by atoms with Crippen LogP contribution in [0.5, 0.6) is 0 Å². The Morgan fingerprint density at radius 2 is 2.21 bits per heavy atom. The summed E-state index contributed by atoms with van der Waals surface area (Å²) >= 11 is 0. The van der Waals surface area contributed by atoms with Gasteiger partial charge in [-0.05, 0) is 81.1 Å². The molecule has 24 heavy (non-hydrogen) atoms. The van der Waals surface area contributed by atoms with Gasteiger partial charge in [0.05, 0.1) is 7.11 Å². The number of hydrogen-bond donors (Lipinski definition) is 2. The van der Waals surface area contributed by atoms with E-state index in [2.05, 4.69) is 34.9 Å². The van der Waals surface area contributed by atoms with Crippen LogP contribution < -0.4 is 10.6 Å². The van der Waals surface area contributed by atoms with Crippen LogP contribution in [0.25, 0.3) is 0 Å². The second-order valence-electron chi connectivity index (χ2n) is 7.22. The number of piperidine rings is 1. The number of hydrogen-bond acceptors (Lipinski definition) is 4. The standard InChI is InChI=1S/C20H30N2O2/c1-24-20(23)19(22-14-15-6-5-11-21-13-15)12-17-9-4-8-16-7-2-3-10-18(16)17/h2-3,7,10,15,17,19,21-22H,4-6,8-9,11-14H2,1H3. The Balaban J connectivity index is 1.63. The highest BCUT2D eigenvalue weighted by atomic mass is 16.5. The van der Waals surface area contributed by atoms with Gasteiger partial charge in [-0.2, -0.15) is 0 Å². The van der Waals surface area contributed by atoms with Crippen LogP contribution in [-0.2, 0) is 16.0 Å². The van der Waals surface area contributed by atoms with Crippen molar-refractivity contribution in [3.63, 3.8) is 0 Å². The van der Waals surface area contributed by atoms with Gasteiger partial charge in [0.15, 0.2) is 0 Å².